The van der Waals surface area contributed by atoms with Gasteiger partial charge in [-0.2, -0.15) is 4.68 Å². The number of nitrogens with zero attached hydrogens (tertiary/aromatic N) is 2. The first-order valence-electron chi connectivity index (χ1n) is 7.33. The van der Waals surface area contributed by atoms with Crippen molar-refractivity contribution in [3.8, 4) is 11.5 Å². The van der Waals surface area contributed by atoms with Gasteiger partial charge in [-0.1, -0.05) is 0 Å². The fourth-order valence-electron chi connectivity index (χ4n) is 2.13. The number of hydrogen-bond acceptors (Lipinski definition) is 5. The highest BCUT2D eigenvalue weighted by atomic mass is 32.2. The average Bonchev–Trinajstić information content (AvgIpc) is 2.96. The monoisotopic (exact) mass is 359 g/mol. The lowest BCUT2D eigenvalue weighted by Gasteiger charge is -2.05. The summed E-state index contributed by atoms with van der Waals surface area (Å²) in [4.78, 5) is 25.0. The van der Waals surface area contributed by atoms with Gasteiger partial charge in [0.25, 0.3) is 0 Å². The van der Waals surface area contributed by atoms with E-state index in [9.17, 15) is 14.0 Å². The van der Waals surface area contributed by atoms with Crippen molar-refractivity contribution in [1.29, 1.82) is 0 Å². The molecule has 0 unspecified atom stereocenters. The van der Waals surface area contributed by atoms with Crippen LogP contribution in [-0.2, 0) is 11.3 Å². The van der Waals surface area contributed by atoms with Gasteiger partial charge in [0, 0.05) is 16.1 Å². The quantitative estimate of drug-likeness (QED) is 0.709. The first-order chi connectivity index (χ1) is 12.0. The molecule has 128 valence electrons. The Morgan fingerprint density at radius 1 is 1.20 bits per heavy atom. The van der Waals surface area contributed by atoms with Crippen LogP contribution in [0.25, 0.3) is 11.5 Å². The molecule has 0 aliphatic rings. The summed E-state index contributed by atoms with van der Waals surface area (Å²) < 4.78 is 18.9. The molecule has 3 rings (SSSR count). The van der Waals surface area contributed by atoms with Crippen LogP contribution < -0.4 is 11.1 Å². The summed E-state index contributed by atoms with van der Waals surface area (Å²) in [6, 6.07) is 12.7. The maximum atomic E-state index is 12.9. The van der Waals surface area contributed by atoms with Crippen molar-refractivity contribution in [2.45, 2.75) is 11.4 Å². The molecule has 0 spiro atoms. The number of carbonyl (C=O) groups excluding carboxylic acids is 1. The third-order valence-electron chi connectivity index (χ3n) is 3.36. The summed E-state index contributed by atoms with van der Waals surface area (Å²) in [5.41, 5.74) is 1.07. The molecule has 0 fully saturated rings. The van der Waals surface area contributed by atoms with Crippen LogP contribution in [0.5, 0.6) is 0 Å². The molecule has 1 amide bonds. The molecular weight excluding hydrogens is 345 g/mol. The number of nitrogens with one attached hydrogen (secondary N) is 1. The van der Waals surface area contributed by atoms with E-state index in [-0.39, 0.29) is 12.4 Å². The van der Waals surface area contributed by atoms with Crippen LogP contribution in [-0.4, -0.2) is 21.9 Å². The lowest BCUT2D eigenvalue weighted by molar-refractivity contribution is -0.117. The lowest BCUT2D eigenvalue weighted by Crippen LogP contribution is -2.25. The van der Waals surface area contributed by atoms with Gasteiger partial charge in [0.2, 0.25) is 11.8 Å². The number of thioether (sulfide) groups is 1. The van der Waals surface area contributed by atoms with Crippen molar-refractivity contribution in [3.05, 3.63) is 64.9 Å². The van der Waals surface area contributed by atoms with Gasteiger partial charge in [-0.25, -0.2) is 9.18 Å². The van der Waals surface area contributed by atoms with Crippen molar-refractivity contribution in [2.24, 2.45) is 0 Å². The standard InChI is InChI=1S/C17H14FN3O3S/c1-25-14-8-6-13(7-9-14)19-15(22)10-21-17(23)24-16(20-21)11-2-4-12(18)5-3-11/h2-9H,10H2,1H3,(H,19,22). The molecule has 2 aromatic carbocycles. The molecule has 1 aromatic heterocycles. The van der Waals surface area contributed by atoms with Crippen LogP contribution in [0.15, 0.2) is 62.6 Å². The van der Waals surface area contributed by atoms with Crippen molar-refractivity contribution in [3.63, 3.8) is 0 Å². The molecular formula is C17H14FN3O3S. The summed E-state index contributed by atoms with van der Waals surface area (Å²) in [5, 5.41) is 6.66. The minimum absolute atomic E-state index is 0.0297. The smallest absolute Gasteiger partial charge is 0.388 e. The molecule has 8 heteroatoms. The Kier molecular flexibility index (Phi) is 4.99. The minimum atomic E-state index is -0.757. The molecule has 0 bridgehead atoms. The van der Waals surface area contributed by atoms with Crippen molar-refractivity contribution in [2.75, 3.05) is 11.6 Å². The number of aromatic nitrogens is 2. The Morgan fingerprint density at radius 3 is 2.52 bits per heavy atom. The molecule has 1 N–H and O–H groups in total. The third kappa shape index (κ3) is 4.16. The van der Waals surface area contributed by atoms with Gasteiger partial charge in [-0.05, 0) is 54.8 Å². The zero-order chi connectivity index (χ0) is 17.8. The molecule has 0 atom stereocenters. The third-order valence-corrected chi connectivity index (χ3v) is 4.11. The normalized spacial score (nSPS) is 10.6. The van der Waals surface area contributed by atoms with E-state index in [2.05, 4.69) is 10.4 Å². The van der Waals surface area contributed by atoms with Crippen molar-refractivity contribution in [1.82, 2.24) is 9.78 Å². The van der Waals surface area contributed by atoms with Gasteiger partial charge < -0.3 is 9.73 Å². The Labute approximate surface area is 146 Å². The highest BCUT2D eigenvalue weighted by Crippen LogP contribution is 2.18. The van der Waals surface area contributed by atoms with Gasteiger partial charge in [-0.3, -0.25) is 4.79 Å². The zero-order valence-corrected chi connectivity index (χ0v) is 14.0. The number of anilines is 1. The largest absolute Gasteiger partial charge is 0.437 e. The second-order valence-corrected chi connectivity index (χ2v) is 5.99. The minimum Gasteiger partial charge on any atom is -0.388 e. The van der Waals surface area contributed by atoms with Crippen LogP contribution in [0.2, 0.25) is 0 Å². The number of amides is 1. The number of benzene rings is 2. The van der Waals surface area contributed by atoms with Crippen LogP contribution in [0.1, 0.15) is 0 Å². The Bertz CT molecular complexity index is 933. The van der Waals surface area contributed by atoms with E-state index >= 15 is 0 Å². The van der Waals surface area contributed by atoms with E-state index in [1.54, 1.807) is 23.9 Å². The zero-order valence-electron chi connectivity index (χ0n) is 13.2. The molecule has 0 aliphatic heterocycles. The summed E-state index contributed by atoms with van der Waals surface area (Å²) >= 11 is 1.60. The maximum Gasteiger partial charge on any atom is 0.437 e. The Morgan fingerprint density at radius 2 is 1.88 bits per heavy atom. The number of hydrogen-bond donors (Lipinski definition) is 1. The first kappa shape index (κ1) is 17.0. The molecule has 0 saturated heterocycles. The van der Waals surface area contributed by atoms with E-state index in [0.717, 1.165) is 9.58 Å². The van der Waals surface area contributed by atoms with Gasteiger partial charge in [0.05, 0.1) is 0 Å². The second kappa shape index (κ2) is 7.35. The fourth-order valence-corrected chi connectivity index (χ4v) is 2.53. The topological polar surface area (TPSA) is 77.1 Å². The van der Waals surface area contributed by atoms with E-state index in [4.69, 9.17) is 4.42 Å². The van der Waals surface area contributed by atoms with Gasteiger partial charge >= 0.3 is 5.76 Å². The van der Waals surface area contributed by atoms with Crippen LogP contribution in [0.4, 0.5) is 10.1 Å². The second-order valence-electron chi connectivity index (χ2n) is 5.11. The highest BCUT2D eigenvalue weighted by Gasteiger charge is 2.13. The Hall–Kier alpha value is -2.87. The average molecular weight is 359 g/mol. The molecule has 25 heavy (non-hydrogen) atoms. The molecule has 1 heterocycles. The number of rotatable bonds is 5. The van der Waals surface area contributed by atoms with Crippen molar-refractivity contribution >= 4 is 23.4 Å². The lowest BCUT2D eigenvalue weighted by atomic mass is 10.2. The van der Waals surface area contributed by atoms with E-state index < -0.39 is 17.5 Å². The van der Waals surface area contributed by atoms with E-state index in [1.807, 2.05) is 18.4 Å². The Balaban J connectivity index is 1.70. The highest BCUT2D eigenvalue weighted by molar-refractivity contribution is 7.98. The van der Waals surface area contributed by atoms with Gasteiger partial charge in [-0.15, -0.1) is 16.9 Å². The number of carbonyl (C=O) groups is 1. The summed E-state index contributed by atoms with van der Waals surface area (Å²) in [6.45, 7) is -0.284. The summed E-state index contributed by atoms with van der Waals surface area (Å²) in [6.07, 6.45) is 1.96. The molecule has 6 nitrogen and oxygen atoms in total. The van der Waals surface area contributed by atoms with Crippen LogP contribution in [0, 0.1) is 5.82 Å². The predicted molar refractivity (Wildman–Crippen MR) is 93.0 cm³/mol. The van der Waals surface area contributed by atoms with Crippen LogP contribution in [0.3, 0.4) is 0 Å². The maximum absolute atomic E-state index is 12.9. The SMILES string of the molecule is CSc1ccc(NC(=O)Cn2nc(-c3ccc(F)cc3)oc2=O)cc1. The van der Waals surface area contributed by atoms with E-state index in [1.165, 1.54) is 24.3 Å². The molecule has 3 aromatic rings. The molecule has 0 radical (unpaired) electrons. The van der Waals surface area contributed by atoms with Crippen molar-refractivity contribution < 1.29 is 13.6 Å². The summed E-state index contributed by atoms with van der Waals surface area (Å²) in [5.74, 6) is -1.54. The predicted octanol–water partition coefficient (Wildman–Crippen LogP) is 3.00. The van der Waals surface area contributed by atoms with Crippen LogP contribution >= 0.6 is 11.8 Å². The van der Waals surface area contributed by atoms with Gasteiger partial charge in [0.15, 0.2) is 0 Å². The molecule has 0 saturated carbocycles. The van der Waals surface area contributed by atoms with Gasteiger partial charge in [0.1, 0.15) is 12.4 Å². The fraction of sp³-hybridized carbons (Fsp3) is 0.118. The molecule has 0 aliphatic carbocycles. The first-order valence-corrected chi connectivity index (χ1v) is 8.55. The summed E-state index contributed by atoms with van der Waals surface area (Å²) in [7, 11) is 0. The van der Waals surface area contributed by atoms with E-state index in [0.29, 0.717) is 11.3 Å². The number of halogens is 1.